The van der Waals surface area contributed by atoms with Crippen molar-refractivity contribution in [2.75, 3.05) is 20.2 Å². The third-order valence-electron chi connectivity index (χ3n) is 2.37. The Hall–Kier alpha value is -0.680. The molecule has 1 rings (SSSR count). The van der Waals surface area contributed by atoms with Crippen molar-refractivity contribution in [3.8, 4) is 5.75 Å². The van der Waals surface area contributed by atoms with Crippen LogP contribution in [0.25, 0.3) is 0 Å². The summed E-state index contributed by atoms with van der Waals surface area (Å²) in [4.78, 5) is 2.08. The summed E-state index contributed by atoms with van der Waals surface area (Å²) in [6.07, 6.45) is -2.45. The third kappa shape index (κ3) is 5.00. The molecule has 0 saturated carbocycles. The van der Waals surface area contributed by atoms with E-state index in [0.29, 0.717) is 12.3 Å². The van der Waals surface area contributed by atoms with E-state index in [4.69, 9.17) is 4.74 Å². The Bertz CT molecular complexity index is 360. The van der Waals surface area contributed by atoms with Crippen LogP contribution in [0.15, 0.2) is 22.7 Å². The van der Waals surface area contributed by atoms with Gasteiger partial charge in [-0.1, -0.05) is 22.9 Å². The van der Waals surface area contributed by atoms with Crippen molar-refractivity contribution in [2.24, 2.45) is 0 Å². The summed E-state index contributed by atoms with van der Waals surface area (Å²) in [6, 6.07) is 5.40. The number of halogens is 3. The second-order valence-electron chi connectivity index (χ2n) is 3.78. The molecule has 0 aliphatic carbocycles. The molecule has 0 atom stereocenters. The fourth-order valence-corrected chi connectivity index (χ4v) is 1.78. The van der Waals surface area contributed by atoms with Crippen LogP contribution in [0.3, 0.4) is 0 Å². The van der Waals surface area contributed by atoms with Gasteiger partial charge in [0, 0.05) is 16.6 Å². The van der Waals surface area contributed by atoms with Gasteiger partial charge in [0.2, 0.25) is 0 Å². The van der Waals surface area contributed by atoms with Crippen molar-refractivity contribution in [3.63, 3.8) is 0 Å². The first-order chi connectivity index (χ1) is 8.02. The molecule has 17 heavy (non-hydrogen) atoms. The van der Waals surface area contributed by atoms with Crippen LogP contribution in [0, 0.1) is 0 Å². The highest BCUT2D eigenvalue weighted by Crippen LogP contribution is 2.24. The summed E-state index contributed by atoms with van der Waals surface area (Å²) >= 11 is 3.37. The SMILES string of the molecule is CCN(C)Cc1cc(Br)ccc1OCC(F)F. The predicted octanol–water partition coefficient (Wildman–Crippen LogP) is 3.54. The predicted molar refractivity (Wildman–Crippen MR) is 67.6 cm³/mol. The Morgan fingerprint density at radius 3 is 2.71 bits per heavy atom. The maximum Gasteiger partial charge on any atom is 0.272 e. The molecule has 0 radical (unpaired) electrons. The molecule has 0 bridgehead atoms. The quantitative estimate of drug-likeness (QED) is 0.797. The normalized spacial score (nSPS) is 11.2. The van der Waals surface area contributed by atoms with Gasteiger partial charge in [-0.15, -0.1) is 0 Å². The number of rotatable bonds is 6. The van der Waals surface area contributed by atoms with Crippen LogP contribution in [-0.2, 0) is 6.54 Å². The van der Waals surface area contributed by atoms with Crippen molar-refractivity contribution in [1.29, 1.82) is 0 Å². The van der Waals surface area contributed by atoms with Gasteiger partial charge in [-0.25, -0.2) is 8.78 Å². The van der Waals surface area contributed by atoms with Crippen LogP contribution in [-0.4, -0.2) is 31.5 Å². The molecule has 96 valence electrons. The van der Waals surface area contributed by atoms with Crippen LogP contribution >= 0.6 is 15.9 Å². The van der Waals surface area contributed by atoms with Gasteiger partial charge in [0.1, 0.15) is 12.4 Å². The smallest absolute Gasteiger partial charge is 0.272 e. The summed E-state index contributed by atoms with van der Waals surface area (Å²) in [5.74, 6) is 0.522. The maximum atomic E-state index is 12.1. The van der Waals surface area contributed by atoms with E-state index >= 15 is 0 Å². The Morgan fingerprint density at radius 1 is 1.41 bits per heavy atom. The van der Waals surface area contributed by atoms with Gasteiger partial charge >= 0.3 is 0 Å². The molecular formula is C12H16BrF2NO. The fourth-order valence-electron chi connectivity index (χ4n) is 1.37. The minimum atomic E-state index is -2.45. The molecule has 0 fully saturated rings. The molecule has 0 aliphatic rings. The van der Waals surface area contributed by atoms with E-state index in [1.807, 2.05) is 20.0 Å². The van der Waals surface area contributed by atoms with Crippen LogP contribution in [0.5, 0.6) is 5.75 Å². The Balaban J connectivity index is 2.79. The molecule has 2 nitrogen and oxygen atoms in total. The van der Waals surface area contributed by atoms with Gasteiger partial charge in [0.25, 0.3) is 6.43 Å². The van der Waals surface area contributed by atoms with Crippen molar-refractivity contribution >= 4 is 15.9 Å². The van der Waals surface area contributed by atoms with Crippen LogP contribution in [0.2, 0.25) is 0 Å². The minimum Gasteiger partial charge on any atom is -0.487 e. The molecule has 0 N–H and O–H groups in total. The Kier molecular flexibility index (Phi) is 5.85. The largest absolute Gasteiger partial charge is 0.487 e. The van der Waals surface area contributed by atoms with E-state index in [-0.39, 0.29) is 0 Å². The van der Waals surface area contributed by atoms with Crippen molar-refractivity contribution < 1.29 is 13.5 Å². The number of ether oxygens (including phenoxy) is 1. The number of nitrogens with zero attached hydrogens (tertiary/aromatic N) is 1. The second-order valence-corrected chi connectivity index (χ2v) is 4.70. The summed E-state index contributed by atoms with van der Waals surface area (Å²) in [5, 5.41) is 0. The lowest BCUT2D eigenvalue weighted by atomic mass is 10.2. The highest BCUT2D eigenvalue weighted by molar-refractivity contribution is 9.10. The van der Waals surface area contributed by atoms with Gasteiger partial charge in [-0.05, 0) is 31.8 Å². The zero-order chi connectivity index (χ0) is 12.8. The molecule has 1 aromatic rings. The second kappa shape index (κ2) is 6.91. The summed E-state index contributed by atoms with van der Waals surface area (Å²) < 4.78 is 30.3. The van der Waals surface area contributed by atoms with E-state index in [9.17, 15) is 8.78 Å². The van der Waals surface area contributed by atoms with Gasteiger partial charge in [0.15, 0.2) is 0 Å². The summed E-state index contributed by atoms with van der Waals surface area (Å²) in [7, 11) is 1.97. The van der Waals surface area contributed by atoms with Gasteiger partial charge in [0.05, 0.1) is 0 Å². The first-order valence-corrected chi connectivity index (χ1v) is 6.20. The van der Waals surface area contributed by atoms with E-state index in [1.54, 1.807) is 12.1 Å². The van der Waals surface area contributed by atoms with Crippen LogP contribution in [0.4, 0.5) is 8.78 Å². The molecule has 0 aromatic heterocycles. The number of alkyl halides is 2. The lowest BCUT2D eigenvalue weighted by Gasteiger charge is -2.17. The molecule has 0 unspecified atom stereocenters. The first kappa shape index (κ1) is 14.4. The van der Waals surface area contributed by atoms with E-state index < -0.39 is 13.0 Å². The van der Waals surface area contributed by atoms with Crippen molar-refractivity contribution in [1.82, 2.24) is 4.90 Å². The van der Waals surface area contributed by atoms with Gasteiger partial charge in [-0.3, -0.25) is 0 Å². The molecule has 0 amide bonds. The topological polar surface area (TPSA) is 12.5 Å². The highest BCUT2D eigenvalue weighted by Gasteiger charge is 2.09. The average Bonchev–Trinajstić information content (AvgIpc) is 2.27. The average molecular weight is 308 g/mol. The molecule has 0 heterocycles. The lowest BCUT2D eigenvalue weighted by molar-refractivity contribution is 0.0810. The molecule has 0 spiro atoms. The fraction of sp³-hybridized carbons (Fsp3) is 0.500. The van der Waals surface area contributed by atoms with Crippen LogP contribution in [0.1, 0.15) is 12.5 Å². The number of hydrogen-bond donors (Lipinski definition) is 0. The van der Waals surface area contributed by atoms with Crippen molar-refractivity contribution in [3.05, 3.63) is 28.2 Å². The molecular weight excluding hydrogens is 292 g/mol. The zero-order valence-electron chi connectivity index (χ0n) is 9.92. The molecule has 0 aliphatic heterocycles. The van der Waals surface area contributed by atoms with E-state index in [2.05, 4.69) is 20.8 Å². The molecule has 5 heteroatoms. The Labute approximate surface area is 109 Å². The van der Waals surface area contributed by atoms with Gasteiger partial charge in [-0.2, -0.15) is 0 Å². The summed E-state index contributed by atoms with van der Waals surface area (Å²) in [5.41, 5.74) is 0.907. The third-order valence-corrected chi connectivity index (χ3v) is 2.86. The Morgan fingerprint density at radius 2 is 2.12 bits per heavy atom. The number of hydrogen-bond acceptors (Lipinski definition) is 2. The maximum absolute atomic E-state index is 12.1. The lowest BCUT2D eigenvalue weighted by Crippen LogP contribution is -2.18. The standard InChI is InChI=1S/C12H16BrF2NO/c1-3-16(2)7-9-6-10(13)4-5-11(9)17-8-12(14)15/h4-6,12H,3,7-8H2,1-2H3. The number of benzene rings is 1. The zero-order valence-corrected chi connectivity index (χ0v) is 11.5. The summed E-state index contributed by atoms with van der Waals surface area (Å²) in [6.45, 7) is 3.04. The molecule has 1 aromatic carbocycles. The van der Waals surface area contributed by atoms with E-state index in [1.165, 1.54) is 0 Å². The van der Waals surface area contributed by atoms with Crippen LogP contribution < -0.4 is 4.74 Å². The van der Waals surface area contributed by atoms with E-state index in [0.717, 1.165) is 16.6 Å². The first-order valence-electron chi connectivity index (χ1n) is 5.40. The highest BCUT2D eigenvalue weighted by atomic mass is 79.9. The van der Waals surface area contributed by atoms with Gasteiger partial charge < -0.3 is 9.64 Å². The minimum absolute atomic E-state index is 0.522. The van der Waals surface area contributed by atoms with Crippen molar-refractivity contribution in [2.45, 2.75) is 19.9 Å². The molecule has 0 saturated heterocycles. The monoisotopic (exact) mass is 307 g/mol.